The Morgan fingerprint density at radius 1 is 1.37 bits per heavy atom. The van der Waals surface area contributed by atoms with Crippen molar-refractivity contribution in [3.05, 3.63) is 35.6 Å². The lowest BCUT2D eigenvalue weighted by Gasteiger charge is -2.42. The summed E-state index contributed by atoms with van der Waals surface area (Å²) in [7, 11) is 0. The smallest absolute Gasteiger partial charge is 0.123 e. The Hall–Kier alpha value is -0.930. The van der Waals surface area contributed by atoms with Gasteiger partial charge in [-0.15, -0.1) is 0 Å². The number of hydrogen-bond acceptors (Lipinski definition) is 2. The lowest BCUT2D eigenvalue weighted by molar-refractivity contribution is 0.0974. The molecular weight excluding hydrogens is 239 g/mol. The molecule has 0 amide bonds. The SMILES string of the molecule is CCC1CN(C(C)Cc2ccc(F)cc2)C(C)CN1. The second-order valence-corrected chi connectivity index (χ2v) is 5.74. The van der Waals surface area contributed by atoms with Gasteiger partial charge in [0.2, 0.25) is 0 Å². The Morgan fingerprint density at radius 3 is 2.68 bits per heavy atom. The van der Waals surface area contributed by atoms with Crippen molar-refractivity contribution in [1.29, 1.82) is 0 Å². The van der Waals surface area contributed by atoms with Gasteiger partial charge in [0.15, 0.2) is 0 Å². The third kappa shape index (κ3) is 3.77. The van der Waals surface area contributed by atoms with Crippen LogP contribution in [0.15, 0.2) is 24.3 Å². The monoisotopic (exact) mass is 264 g/mol. The number of hydrogen-bond donors (Lipinski definition) is 1. The van der Waals surface area contributed by atoms with Crippen molar-refractivity contribution in [2.45, 2.75) is 51.7 Å². The van der Waals surface area contributed by atoms with Crippen molar-refractivity contribution in [3.8, 4) is 0 Å². The lowest BCUT2D eigenvalue weighted by Crippen LogP contribution is -2.58. The third-order valence-corrected chi connectivity index (χ3v) is 4.20. The molecule has 3 unspecified atom stereocenters. The van der Waals surface area contributed by atoms with E-state index in [4.69, 9.17) is 0 Å². The van der Waals surface area contributed by atoms with Gasteiger partial charge in [-0.25, -0.2) is 4.39 Å². The maximum absolute atomic E-state index is 12.9. The molecule has 0 spiro atoms. The summed E-state index contributed by atoms with van der Waals surface area (Å²) >= 11 is 0. The van der Waals surface area contributed by atoms with Crippen molar-refractivity contribution in [2.75, 3.05) is 13.1 Å². The van der Waals surface area contributed by atoms with E-state index in [1.807, 2.05) is 12.1 Å². The van der Waals surface area contributed by atoms with E-state index in [1.165, 1.54) is 12.0 Å². The molecule has 0 aliphatic carbocycles. The number of benzene rings is 1. The number of nitrogens with one attached hydrogen (secondary N) is 1. The molecule has 1 fully saturated rings. The van der Waals surface area contributed by atoms with Gasteiger partial charge in [0.05, 0.1) is 0 Å². The van der Waals surface area contributed by atoms with Gasteiger partial charge in [-0.1, -0.05) is 19.1 Å². The summed E-state index contributed by atoms with van der Waals surface area (Å²) in [6, 6.07) is 8.57. The first-order valence-corrected chi connectivity index (χ1v) is 7.33. The van der Waals surface area contributed by atoms with Crippen molar-refractivity contribution in [2.24, 2.45) is 0 Å². The van der Waals surface area contributed by atoms with Crippen LogP contribution in [0.1, 0.15) is 32.8 Å². The molecule has 1 N–H and O–H groups in total. The third-order valence-electron chi connectivity index (χ3n) is 4.20. The number of nitrogens with zero attached hydrogens (tertiary/aromatic N) is 1. The van der Waals surface area contributed by atoms with E-state index in [2.05, 4.69) is 31.0 Å². The fourth-order valence-corrected chi connectivity index (χ4v) is 2.92. The molecule has 0 saturated carbocycles. The van der Waals surface area contributed by atoms with E-state index in [9.17, 15) is 4.39 Å². The zero-order valence-corrected chi connectivity index (χ0v) is 12.2. The van der Waals surface area contributed by atoms with Gasteiger partial charge in [0.1, 0.15) is 5.82 Å². The maximum Gasteiger partial charge on any atom is 0.123 e. The van der Waals surface area contributed by atoms with Crippen molar-refractivity contribution in [1.82, 2.24) is 10.2 Å². The number of piperazine rings is 1. The first kappa shape index (κ1) is 14.5. The van der Waals surface area contributed by atoms with Crippen molar-refractivity contribution < 1.29 is 4.39 Å². The summed E-state index contributed by atoms with van der Waals surface area (Å²) in [5.41, 5.74) is 1.22. The molecule has 3 atom stereocenters. The van der Waals surface area contributed by atoms with Crippen molar-refractivity contribution in [3.63, 3.8) is 0 Å². The summed E-state index contributed by atoms with van der Waals surface area (Å²) in [6.07, 6.45) is 2.16. The minimum atomic E-state index is -0.155. The molecule has 2 rings (SSSR count). The Morgan fingerprint density at radius 2 is 2.05 bits per heavy atom. The molecule has 1 aliphatic heterocycles. The fourth-order valence-electron chi connectivity index (χ4n) is 2.92. The lowest BCUT2D eigenvalue weighted by atomic mass is 10.0. The molecule has 1 heterocycles. The summed E-state index contributed by atoms with van der Waals surface area (Å²) < 4.78 is 12.9. The fraction of sp³-hybridized carbons (Fsp3) is 0.625. The van der Waals surface area contributed by atoms with Crippen LogP contribution in [0.5, 0.6) is 0 Å². The quantitative estimate of drug-likeness (QED) is 0.899. The Balaban J connectivity index is 1.97. The largest absolute Gasteiger partial charge is 0.311 e. The van der Waals surface area contributed by atoms with Crippen molar-refractivity contribution >= 4 is 0 Å². The van der Waals surface area contributed by atoms with Crippen LogP contribution in [-0.2, 0) is 6.42 Å². The molecule has 2 nitrogen and oxygen atoms in total. The van der Waals surface area contributed by atoms with Gasteiger partial charge in [0.25, 0.3) is 0 Å². The van der Waals surface area contributed by atoms with Crippen LogP contribution in [0.25, 0.3) is 0 Å². The first-order chi connectivity index (χ1) is 9.10. The standard InChI is InChI=1S/C16H25FN2/c1-4-16-11-19(13(3)10-18-16)12(2)9-14-5-7-15(17)8-6-14/h5-8,12-13,16,18H,4,9-11H2,1-3H3. The van der Waals surface area contributed by atoms with Gasteiger partial charge < -0.3 is 5.32 Å². The van der Waals surface area contributed by atoms with Crippen LogP contribution < -0.4 is 5.32 Å². The molecule has 1 aliphatic rings. The van der Waals surface area contributed by atoms with E-state index in [1.54, 1.807) is 12.1 Å². The molecule has 0 aromatic heterocycles. The minimum Gasteiger partial charge on any atom is -0.311 e. The number of halogens is 1. The van der Waals surface area contributed by atoms with Crippen LogP contribution in [0.4, 0.5) is 4.39 Å². The van der Waals surface area contributed by atoms with Crippen LogP contribution in [0.2, 0.25) is 0 Å². The molecule has 1 saturated heterocycles. The molecule has 19 heavy (non-hydrogen) atoms. The number of rotatable bonds is 4. The zero-order valence-electron chi connectivity index (χ0n) is 12.2. The van der Waals surface area contributed by atoms with Gasteiger partial charge in [0, 0.05) is 31.2 Å². The summed E-state index contributed by atoms with van der Waals surface area (Å²) in [5.74, 6) is -0.155. The van der Waals surface area contributed by atoms with E-state index < -0.39 is 0 Å². The van der Waals surface area contributed by atoms with Crippen LogP contribution >= 0.6 is 0 Å². The van der Waals surface area contributed by atoms with E-state index in [0.717, 1.165) is 19.5 Å². The Kier molecular flexibility index (Phi) is 4.94. The molecule has 0 bridgehead atoms. The maximum atomic E-state index is 12.9. The van der Waals surface area contributed by atoms with E-state index in [-0.39, 0.29) is 5.82 Å². The highest BCUT2D eigenvalue weighted by Crippen LogP contribution is 2.16. The van der Waals surface area contributed by atoms with E-state index in [0.29, 0.717) is 18.1 Å². The predicted molar refractivity (Wildman–Crippen MR) is 77.8 cm³/mol. The summed E-state index contributed by atoms with van der Waals surface area (Å²) in [6.45, 7) is 8.96. The van der Waals surface area contributed by atoms with Gasteiger partial charge in [-0.05, 0) is 44.4 Å². The summed E-state index contributed by atoms with van der Waals surface area (Å²) in [4.78, 5) is 2.58. The topological polar surface area (TPSA) is 15.3 Å². The average Bonchev–Trinajstić information content (AvgIpc) is 2.42. The highest BCUT2D eigenvalue weighted by Gasteiger charge is 2.27. The predicted octanol–water partition coefficient (Wildman–Crippen LogP) is 2.83. The van der Waals surface area contributed by atoms with E-state index >= 15 is 0 Å². The molecule has 1 aromatic carbocycles. The normalized spacial score (nSPS) is 26.3. The summed E-state index contributed by atoms with van der Waals surface area (Å²) in [5, 5.41) is 3.58. The Labute approximate surface area is 116 Å². The molecular formula is C16H25FN2. The van der Waals surface area contributed by atoms with Gasteiger partial charge >= 0.3 is 0 Å². The second-order valence-electron chi connectivity index (χ2n) is 5.74. The first-order valence-electron chi connectivity index (χ1n) is 7.33. The van der Waals surface area contributed by atoms with Crippen LogP contribution in [-0.4, -0.2) is 36.1 Å². The highest BCUT2D eigenvalue weighted by atomic mass is 19.1. The zero-order chi connectivity index (χ0) is 13.8. The van der Waals surface area contributed by atoms with Crippen LogP contribution in [0, 0.1) is 5.82 Å². The van der Waals surface area contributed by atoms with Gasteiger partial charge in [-0.3, -0.25) is 4.90 Å². The average molecular weight is 264 g/mol. The molecule has 0 radical (unpaired) electrons. The molecule has 106 valence electrons. The second kappa shape index (κ2) is 6.49. The van der Waals surface area contributed by atoms with Crippen LogP contribution in [0.3, 0.4) is 0 Å². The minimum absolute atomic E-state index is 0.155. The van der Waals surface area contributed by atoms with Gasteiger partial charge in [-0.2, -0.15) is 0 Å². The highest BCUT2D eigenvalue weighted by molar-refractivity contribution is 5.17. The Bertz CT molecular complexity index is 390. The molecule has 3 heteroatoms. The molecule has 1 aromatic rings.